The van der Waals surface area contributed by atoms with Crippen molar-refractivity contribution in [2.75, 3.05) is 0 Å². The Balaban J connectivity index is 1.74. The molecule has 3 rings (SSSR count). The van der Waals surface area contributed by atoms with Crippen LogP contribution >= 0.6 is 11.6 Å². The molecular weight excluding hydrogens is 286 g/mol. The average molecular weight is 306 g/mol. The summed E-state index contributed by atoms with van der Waals surface area (Å²) in [6.07, 6.45) is 7.22. The summed E-state index contributed by atoms with van der Waals surface area (Å²) in [4.78, 5) is 0. The van der Waals surface area contributed by atoms with Gasteiger partial charge in [-0.2, -0.15) is 5.10 Å². The maximum Gasteiger partial charge on any atom is 0.165 e. The fourth-order valence-corrected chi connectivity index (χ4v) is 2.45. The number of nitrogens with one attached hydrogen (secondary N) is 1. The third kappa shape index (κ3) is 3.77. The Morgan fingerprint density at radius 2 is 2.29 bits per heavy atom. The van der Waals surface area contributed by atoms with Crippen molar-refractivity contribution in [1.82, 2.24) is 15.1 Å². The van der Waals surface area contributed by atoms with Gasteiger partial charge in [0.25, 0.3) is 0 Å². The number of ether oxygens (including phenoxy) is 1. The molecule has 2 aromatic rings. The van der Waals surface area contributed by atoms with Gasteiger partial charge in [0.2, 0.25) is 0 Å². The maximum absolute atomic E-state index is 6.31. The second kappa shape index (κ2) is 6.50. The van der Waals surface area contributed by atoms with E-state index in [-0.39, 0.29) is 0 Å². The summed E-state index contributed by atoms with van der Waals surface area (Å²) in [6.45, 7) is 3.76. The zero-order valence-corrected chi connectivity index (χ0v) is 12.9. The molecule has 0 atom stereocenters. The van der Waals surface area contributed by atoms with Gasteiger partial charge < -0.3 is 10.1 Å². The number of nitrogens with zero attached hydrogens (tertiary/aromatic N) is 2. The van der Waals surface area contributed by atoms with Crippen LogP contribution in [0.5, 0.6) is 11.5 Å². The third-order valence-corrected chi connectivity index (χ3v) is 3.86. The van der Waals surface area contributed by atoms with Crippen LogP contribution in [-0.4, -0.2) is 15.8 Å². The summed E-state index contributed by atoms with van der Waals surface area (Å²) >= 11 is 6.31. The lowest BCUT2D eigenvalue weighted by Crippen LogP contribution is -2.16. The number of halogens is 1. The molecule has 0 saturated heterocycles. The first-order chi connectivity index (χ1) is 10.3. The van der Waals surface area contributed by atoms with Gasteiger partial charge in [0.05, 0.1) is 12.4 Å². The first kappa shape index (κ1) is 14.4. The van der Waals surface area contributed by atoms with E-state index in [0.717, 1.165) is 41.6 Å². The summed E-state index contributed by atoms with van der Waals surface area (Å²) in [6, 6.07) is 6.40. The average Bonchev–Trinajstić information content (AvgIpc) is 3.19. The number of hydrogen-bond acceptors (Lipinski definition) is 3. The highest BCUT2D eigenvalue weighted by molar-refractivity contribution is 6.31. The van der Waals surface area contributed by atoms with E-state index >= 15 is 0 Å². The maximum atomic E-state index is 6.31. The Kier molecular flexibility index (Phi) is 4.46. The summed E-state index contributed by atoms with van der Waals surface area (Å²) in [7, 11) is 0. The van der Waals surface area contributed by atoms with Gasteiger partial charge in [-0.1, -0.05) is 24.6 Å². The van der Waals surface area contributed by atoms with Gasteiger partial charge >= 0.3 is 0 Å². The highest BCUT2D eigenvalue weighted by Gasteiger charge is 2.21. The van der Waals surface area contributed by atoms with Gasteiger partial charge in [-0.3, -0.25) is 4.68 Å². The minimum absolute atomic E-state index is 0.640. The third-order valence-electron chi connectivity index (χ3n) is 3.51. The Morgan fingerprint density at radius 3 is 3.05 bits per heavy atom. The first-order valence-electron chi connectivity index (χ1n) is 7.47. The molecule has 1 aliphatic carbocycles. The molecule has 1 heterocycles. The van der Waals surface area contributed by atoms with E-state index in [1.807, 2.05) is 29.1 Å². The van der Waals surface area contributed by atoms with Crippen molar-refractivity contribution in [1.29, 1.82) is 0 Å². The predicted octanol–water partition coefficient (Wildman–Crippen LogP) is 3.99. The smallest absolute Gasteiger partial charge is 0.165 e. The van der Waals surface area contributed by atoms with Crippen molar-refractivity contribution >= 4 is 11.6 Å². The lowest BCUT2D eigenvalue weighted by atomic mass is 10.2. The fourth-order valence-electron chi connectivity index (χ4n) is 2.22. The number of aryl methyl sites for hydroxylation is 1. The van der Waals surface area contributed by atoms with E-state index in [9.17, 15) is 0 Å². The lowest BCUT2D eigenvalue weighted by Gasteiger charge is -2.12. The molecule has 1 saturated carbocycles. The fraction of sp³-hybridized carbons (Fsp3) is 0.438. The van der Waals surface area contributed by atoms with Crippen LogP contribution in [0, 0.1) is 0 Å². The zero-order valence-electron chi connectivity index (χ0n) is 12.2. The first-order valence-corrected chi connectivity index (χ1v) is 7.85. The SMILES string of the molecule is CCCn1cc(Oc2cccc(Cl)c2CNC2CC2)cn1. The van der Waals surface area contributed by atoms with Crippen LogP contribution in [0.2, 0.25) is 5.02 Å². The number of benzene rings is 1. The summed E-state index contributed by atoms with van der Waals surface area (Å²) in [5, 5.41) is 8.50. The number of rotatable bonds is 7. The molecule has 4 nitrogen and oxygen atoms in total. The lowest BCUT2D eigenvalue weighted by molar-refractivity contribution is 0.471. The van der Waals surface area contributed by atoms with Crippen molar-refractivity contribution in [2.45, 2.75) is 45.3 Å². The molecule has 0 aliphatic heterocycles. The minimum Gasteiger partial charge on any atom is -0.454 e. The van der Waals surface area contributed by atoms with Crippen LogP contribution in [0.15, 0.2) is 30.6 Å². The van der Waals surface area contributed by atoms with E-state index in [4.69, 9.17) is 16.3 Å². The van der Waals surface area contributed by atoms with Crippen LogP contribution in [0.4, 0.5) is 0 Å². The molecule has 0 amide bonds. The van der Waals surface area contributed by atoms with E-state index in [0.29, 0.717) is 6.04 Å². The summed E-state index contributed by atoms with van der Waals surface area (Å²) in [5.41, 5.74) is 1.01. The zero-order chi connectivity index (χ0) is 14.7. The van der Waals surface area contributed by atoms with Crippen molar-refractivity contribution in [2.24, 2.45) is 0 Å². The van der Waals surface area contributed by atoms with Crippen LogP contribution < -0.4 is 10.1 Å². The van der Waals surface area contributed by atoms with Gasteiger partial charge in [0.15, 0.2) is 5.75 Å². The molecule has 1 N–H and O–H groups in total. The van der Waals surface area contributed by atoms with Crippen molar-refractivity contribution in [3.05, 3.63) is 41.2 Å². The van der Waals surface area contributed by atoms with Gasteiger partial charge in [-0.25, -0.2) is 0 Å². The van der Waals surface area contributed by atoms with Crippen LogP contribution in [0.3, 0.4) is 0 Å². The topological polar surface area (TPSA) is 39.1 Å². The number of aromatic nitrogens is 2. The molecule has 5 heteroatoms. The Bertz CT molecular complexity index is 607. The van der Waals surface area contributed by atoms with Crippen molar-refractivity contribution in [3.63, 3.8) is 0 Å². The summed E-state index contributed by atoms with van der Waals surface area (Å²) < 4.78 is 7.85. The Morgan fingerprint density at radius 1 is 1.43 bits per heavy atom. The molecule has 112 valence electrons. The molecule has 0 bridgehead atoms. The molecule has 1 aliphatic rings. The molecule has 1 fully saturated rings. The molecular formula is C16H20ClN3O. The van der Waals surface area contributed by atoms with Gasteiger partial charge in [-0.15, -0.1) is 0 Å². The standard InChI is InChI=1S/C16H20ClN3O/c1-2-8-20-11-13(9-19-20)21-16-5-3-4-15(17)14(16)10-18-12-6-7-12/h3-5,9,11-12,18H,2,6-8,10H2,1H3. The van der Waals surface area contributed by atoms with Gasteiger partial charge in [0, 0.05) is 29.7 Å². The quantitative estimate of drug-likeness (QED) is 0.840. The summed E-state index contributed by atoms with van der Waals surface area (Å²) in [5.74, 6) is 1.55. The molecule has 21 heavy (non-hydrogen) atoms. The van der Waals surface area contributed by atoms with Crippen LogP contribution in [0.25, 0.3) is 0 Å². The van der Waals surface area contributed by atoms with E-state index < -0.39 is 0 Å². The highest BCUT2D eigenvalue weighted by atomic mass is 35.5. The predicted molar refractivity (Wildman–Crippen MR) is 83.9 cm³/mol. The van der Waals surface area contributed by atoms with E-state index in [2.05, 4.69) is 17.3 Å². The molecule has 0 radical (unpaired) electrons. The monoisotopic (exact) mass is 305 g/mol. The molecule has 0 unspecified atom stereocenters. The molecule has 1 aromatic carbocycles. The number of hydrogen-bond donors (Lipinski definition) is 1. The van der Waals surface area contributed by atoms with Gasteiger partial charge in [0.1, 0.15) is 5.75 Å². The second-order valence-electron chi connectivity index (χ2n) is 5.41. The van der Waals surface area contributed by atoms with Crippen LogP contribution in [0.1, 0.15) is 31.7 Å². The van der Waals surface area contributed by atoms with Crippen molar-refractivity contribution < 1.29 is 4.74 Å². The van der Waals surface area contributed by atoms with Gasteiger partial charge in [-0.05, 0) is 31.4 Å². The van der Waals surface area contributed by atoms with E-state index in [1.165, 1.54) is 12.8 Å². The highest BCUT2D eigenvalue weighted by Crippen LogP contribution is 2.31. The normalized spacial score (nSPS) is 14.4. The Labute approximate surface area is 130 Å². The Hall–Kier alpha value is -1.52. The molecule has 1 aromatic heterocycles. The molecule has 0 spiro atoms. The largest absolute Gasteiger partial charge is 0.454 e. The van der Waals surface area contributed by atoms with Crippen LogP contribution in [-0.2, 0) is 13.1 Å². The van der Waals surface area contributed by atoms with Crippen molar-refractivity contribution in [3.8, 4) is 11.5 Å². The van der Waals surface area contributed by atoms with E-state index in [1.54, 1.807) is 6.20 Å². The minimum atomic E-state index is 0.640. The second-order valence-corrected chi connectivity index (χ2v) is 5.82.